The fourth-order valence-corrected chi connectivity index (χ4v) is 2.53. The van der Waals surface area contributed by atoms with Gasteiger partial charge in [-0.1, -0.05) is 13.8 Å². The number of benzene rings is 1. The highest BCUT2D eigenvalue weighted by atomic mass is 35.5. The van der Waals surface area contributed by atoms with Crippen LogP contribution < -0.4 is 25.3 Å². The molecule has 1 aromatic rings. The van der Waals surface area contributed by atoms with E-state index in [1.165, 1.54) is 0 Å². The van der Waals surface area contributed by atoms with Gasteiger partial charge in [-0.25, -0.2) is 0 Å². The Bertz CT molecular complexity index is 500. The molecule has 0 spiro atoms. The van der Waals surface area contributed by atoms with E-state index in [-0.39, 0.29) is 30.3 Å². The van der Waals surface area contributed by atoms with Gasteiger partial charge in [0.05, 0.1) is 33.3 Å². The minimum Gasteiger partial charge on any atom is -0.493 e. The molecular weight excluding hydrogens is 332 g/mol. The van der Waals surface area contributed by atoms with Gasteiger partial charge in [0.25, 0.3) is 0 Å². The first-order chi connectivity index (χ1) is 11.0. The van der Waals surface area contributed by atoms with E-state index in [1.54, 1.807) is 33.5 Å². The lowest BCUT2D eigenvalue weighted by atomic mass is 9.92. The standard InChI is InChI=1S/C17H28N2O4.ClH/c1-6-17(7-2,11-18)19-15(20)10-12-8-13(21-3)16(23-5)14(9-12)22-4;/h8-9H,6-7,10-11,18H2,1-5H3,(H,19,20);1H. The van der Waals surface area contributed by atoms with Crippen molar-refractivity contribution in [1.29, 1.82) is 0 Å². The average molecular weight is 361 g/mol. The molecular formula is C17H29ClN2O4. The van der Waals surface area contributed by atoms with E-state index < -0.39 is 0 Å². The normalized spacial score (nSPS) is 10.6. The van der Waals surface area contributed by atoms with Crippen LogP contribution in [0, 0.1) is 0 Å². The summed E-state index contributed by atoms with van der Waals surface area (Å²) in [5, 5.41) is 3.05. The van der Waals surface area contributed by atoms with Crippen LogP contribution in [-0.2, 0) is 11.2 Å². The van der Waals surface area contributed by atoms with Crippen molar-refractivity contribution in [2.45, 2.75) is 38.6 Å². The maximum Gasteiger partial charge on any atom is 0.224 e. The molecule has 0 fully saturated rings. The number of carbonyl (C=O) groups is 1. The topological polar surface area (TPSA) is 82.8 Å². The van der Waals surface area contributed by atoms with Crippen LogP contribution in [0.3, 0.4) is 0 Å². The van der Waals surface area contributed by atoms with E-state index in [0.717, 1.165) is 18.4 Å². The van der Waals surface area contributed by atoms with Crippen LogP contribution in [0.15, 0.2) is 12.1 Å². The quantitative estimate of drug-likeness (QED) is 0.706. The summed E-state index contributed by atoms with van der Waals surface area (Å²) in [7, 11) is 4.65. The van der Waals surface area contributed by atoms with Crippen molar-refractivity contribution in [1.82, 2.24) is 5.32 Å². The van der Waals surface area contributed by atoms with Crippen LogP contribution in [0.25, 0.3) is 0 Å². The van der Waals surface area contributed by atoms with Gasteiger partial charge in [0, 0.05) is 6.54 Å². The van der Waals surface area contributed by atoms with Crippen molar-refractivity contribution >= 4 is 18.3 Å². The number of methoxy groups -OCH3 is 3. The highest BCUT2D eigenvalue weighted by Gasteiger charge is 2.26. The monoisotopic (exact) mass is 360 g/mol. The number of amides is 1. The fourth-order valence-electron chi connectivity index (χ4n) is 2.53. The van der Waals surface area contributed by atoms with Crippen LogP contribution in [0.4, 0.5) is 0 Å². The molecule has 0 saturated carbocycles. The van der Waals surface area contributed by atoms with Crippen molar-refractivity contribution in [2.24, 2.45) is 5.73 Å². The summed E-state index contributed by atoms with van der Waals surface area (Å²) in [6, 6.07) is 3.56. The maximum absolute atomic E-state index is 12.4. The van der Waals surface area contributed by atoms with Crippen LogP contribution in [0.2, 0.25) is 0 Å². The summed E-state index contributed by atoms with van der Waals surface area (Å²) in [5.41, 5.74) is 6.27. The lowest BCUT2D eigenvalue weighted by Gasteiger charge is -2.31. The third-order valence-corrected chi connectivity index (χ3v) is 4.24. The van der Waals surface area contributed by atoms with Crippen molar-refractivity contribution in [3.63, 3.8) is 0 Å². The van der Waals surface area contributed by atoms with E-state index in [2.05, 4.69) is 5.32 Å². The van der Waals surface area contributed by atoms with Gasteiger partial charge in [-0.2, -0.15) is 0 Å². The Morgan fingerprint density at radius 3 is 1.92 bits per heavy atom. The van der Waals surface area contributed by atoms with Gasteiger partial charge in [0.2, 0.25) is 11.7 Å². The van der Waals surface area contributed by atoms with Crippen LogP contribution in [0.5, 0.6) is 17.2 Å². The Kier molecular flexibility index (Phi) is 9.55. The van der Waals surface area contributed by atoms with Gasteiger partial charge >= 0.3 is 0 Å². The molecule has 1 amide bonds. The molecule has 0 aliphatic carbocycles. The molecule has 3 N–H and O–H groups in total. The average Bonchev–Trinajstić information content (AvgIpc) is 2.58. The number of nitrogens with one attached hydrogen (secondary N) is 1. The van der Waals surface area contributed by atoms with Crippen LogP contribution >= 0.6 is 12.4 Å². The van der Waals surface area contributed by atoms with Gasteiger partial charge < -0.3 is 25.3 Å². The van der Waals surface area contributed by atoms with Crippen molar-refractivity contribution in [2.75, 3.05) is 27.9 Å². The third-order valence-electron chi connectivity index (χ3n) is 4.24. The highest BCUT2D eigenvalue weighted by molar-refractivity contribution is 5.85. The Balaban J connectivity index is 0.00000529. The number of carbonyl (C=O) groups excluding carboxylic acids is 1. The van der Waals surface area contributed by atoms with Crippen LogP contribution in [-0.4, -0.2) is 39.3 Å². The van der Waals surface area contributed by atoms with Gasteiger partial charge in [-0.15, -0.1) is 12.4 Å². The first-order valence-corrected chi connectivity index (χ1v) is 7.79. The van der Waals surface area contributed by atoms with E-state index in [1.807, 2.05) is 13.8 Å². The molecule has 0 aliphatic rings. The summed E-state index contributed by atoms with van der Waals surface area (Å²) in [4.78, 5) is 12.4. The van der Waals surface area contributed by atoms with Gasteiger partial charge in [-0.05, 0) is 30.5 Å². The van der Waals surface area contributed by atoms with E-state index in [4.69, 9.17) is 19.9 Å². The summed E-state index contributed by atoms with van der Waals surface area (Å²) < 4.78 is 15.9. The summed E-state index contributed by atoms with van der Waals surface area (Å²) >= 11 is 0. The van der Waals surface area contributed by atoms with Gasteiger partial charge in [0.15, 0.2) is 11.5 Å². The number of hydrogen-bond donors (Lipinski definition) is 2. The predicted octanol–water partition coefficient (Wildman–Crippen LogP) is 2.31. The molecule has 0 unspecified atom stereocenters. The van der Waals surface area contributed by atoms with E-state index in [0.29, 0.717) is 23.8 Å². The summed E-state index contributed by atoms with van der Waals surface area (Å²) in [6.07, 6.45) is 1.81. The Hall–Kier alpha value is -1.66. The lowest BCUT2D eigenvalue weighted by Crippen LogP contribution is -2.53. The Morgan fingerprint density at radius 1 is 1.08 bits per heavy atom. The highest BCUT2D eigenvalue weighted by Crippen LogP contribution is 2.38. The molecule has 0 atom stereocenters. The smallest absolute Gasteiger partial charge is 0.224 e. The number of hydrogen-bond acceptors (Lipinski definition) is 5. The summed E-state index contributed by atoms with van der Waals surface area (Å²) in [5.74, 6) is 1.50. The Labute approximate surface area is 150 Å². The minimum atomic E-state index is -0.349. The molecule has 1 rings (SSSR count). The molecule has 0 radical (unpaired) electrons. The van der Waals surface area contributed by atoms with Gasteiger partial charge in [0.1, 0.15) is 0 Å². The second-order valence-electron chi connectivity index (χ2n) is 5.45. The predicted molar refractivity (Wildman–Crippen MR) is 97.6 cm³/mol. The number of ether oxygens (including phenoxy) is 3. The van der Waals surface area contributed by atoms with Crippen LogP contribution in [0.1, 0.15) is 32.3 Å². The molecule has 0 heterocycles. The summed E-state index contributed by atoms with van der Waals surface area (Å²) in [6.45, 7) is 4.47. The number of rotatable bonds is 9. The van der Waals surface area contributed by atoms with E-state index in [9.17, 15) is 4.79 Å². The SMILES string of the molecule is CCC(CC)(CN)NC(=O)Cc1cc(OC)c(OC)c(OC)c1.Cl. The van der Waals surface area contributed by atoms with Crippen molar-refractivity contribution < 1.29 is 19.0 Å². The molecule has 0 aromatic heterocycles. The molecule has 0 saturated heterocycles. The fraction of sp³-hybridized carbons (Fsp3) is 0.588. The van der Waals surface area contributed by atoms with Crippen molar-refractivity contribution in [3.05, 3.63) is 17.7 Å². The molecule has 7 heteroatoms. The Morgan fingerprint density at radius 2 is 1.58 bits per heavy atom. The van der Waals surface area contributed by atoms with Gasteiger partial charge in [-0.3, -0.25) is 4.79 Å². The number of nitrogens with two attached hydrogens (primary N) is 1. The maximum atomic E-state index is 12.4. The zero-order chi connectivity index (χ0) is 17.5. The molecule has 24 heavy (non-hydrogen) atoms. The molecule has 138 valence electrons. The van der Waals surface area contributed by atoms with E-state index >= 15 is 0 Å². The largest absolute Gasteiger partial charge is 0.493 e. The second kappa shape index (κ2) is 10.3. The minimum absolute atomic E-state index is 0. The second-order valence-corrected chi connectivity index (χ2v) is 5.45. The molecule has 6 nitrogen and oxygen atoms in total. The first-order valence-electron chi connectivity index (χ1n) is 7.79. The first kappa shape index (κ1) is 22.3. The third kappa shape index (κ3) is 5.18. The molecule has 1 aromatic carbocycles. The molecule has 0 aliphatic heterocycles. The number of halogens is 1. The zero-order valence-corrected chi connectivity index (χ0v) is 15.9. The van der Waals surface area contributed by atoms with Crippen molar-refractivity contribution in [3.8, 4) is 17.2 Å². The molecule has 0 bridgehead atoms. The lowest BCUT2D eigenvalue weighted by molar-refractivity contribution is -0.122. The zero-order valence-electron chi connectivity index (χ0n) is 15.1.